The predicted molar refractivity (Wildman–Crippen MR) is 48.6 cm³/mol. The number of hydrogen-bond donors (Lipinski definition) is 0. The molecule has 2 heterocycles. The van der Waals surface area contributed by atoms with Gasteiger partial charge in [0.2, 0.25) is 0 Å². The quantitative estimate of drug-likeness (QED) is 0.640. The van der Waals surface area contributed by atoms with Gasteiger partial charge < -0.3 is 0 Å². The van der Waals surface area contributed by atoms with E-state index in [0.717, 1.165) is 0 Å². The summed E-state index contributed by atoms with van der Waals surface area (Å²) in [5.41, 5.74) is 0. The van der Waals surface area contributed by atoms with Crippen molar-refractivity contribution in [3.8, 4) is 5.95 Å². The summed E-state index contributed by atoms with van der Waals surface area (Å²) in [4.78, 5) is 8.17. The van der Waals surface area contributed by atoms with Gasteiger partial charge in [0, 0.05) is 11.1 Å². The molecule has 0 fully saturated rings. The van der Waals surface area contributed by atoms with Crippen LogP contribution in [0.15, 0.2) is 43.0 Å². The van der Waals surface area contributed by atoms with E-state index in [1.54, 1.807) is 35.2 Å². The van der Waals surface area contributed by atoms with Crippen molar-refractivity contribution >= 4 is 11.6 Å². The first-order chi connectivity index (χ1) is 6.36. The second-order valence-electron chi connectivity index (χ2n) is 2.47. The molecule has 2 aromatic rings. The van der Waals surface area contributed by atoms with E-state index < -0.39 is 0 Å². The van der Waals surface area contributed by atoms with Gasteiger partial charge in [-0.15, -0.1) is 0 Å². The maximum atomic E-state index is 5.74. The highest BCUT2D eigenvalue weighted by atomic mass is 35.5. The van der Waals surface area contributed by atoms with Crippen LogP contribution in [0.5, 0.6) is 0 Å². The van der Waals surface area contributed by atoms with Gasteiger partial charge in [-0.25, -0.2) is 4.57 Å². The van der Waals surface area contributed by atoms with Crippen LogP contribution in [0.2, 0.25) is 5.02 Å². The lowest BCUT2D eigenvalue weighted by atomic mass is 10.5. The fraction of sp³-hybridized carbons (Fsp3) is 0. The molecule has 0 bridgehead atoms. The lowest BCUT2D eigenvalue weighted by Gasteiger charge is -1.93. The molecule has 0 atom stereocenters. The molecule has 4 heteroatoms. The first-order valence-electron chi connectivity index (χ1n) is 3.80. The van der Waals surface area contributed by atoms with Crippen LogP contribution in [0.3, 0.4) is 0 Å². The number of rotatable bonds is 1. The van der Waals surface area contributed by atoms with E-state index in [-0.39, 0.29) is 0 Å². The molecule has 2 rings (SSSR count). The van der Waals surface area contributed by atoms with Gasteiger partial charge in [0.15, 0.2) is 0 Å². The molecule has 0 unspecified atom stereocenters. The van der Waals surface area contributed by atoms with Crippen molar-refractivity contribution in [3.05, 3.63) is 48.0 Å². The molecule has 0 spiro atoms. The van der Waals surface area contributed by atoms with E-state index in [0.29, 0.717) is 11.0 Å². The van der Waals surface area contributed by atoms with Crippen LogP contribution in [-0.2, 0) is 0 Å². The van der Waals surface area contributed by atoms with E-state index in [1.165, 1.54) is 0 Å². The standard InChI is InChI=1S/C9H7ClN3/c10-8-2-6-13(7-3-8)9-11-4-1-5-12-9/h1-7H/q+1. The van der Waals surface area contributed by atoms with Crippen LogP contribution in [-0.4, -0.2) is 9.97 Å². The molecule has 0 aliphatic carbocycles. The van der Waals surface area contributed by atoms with Crippen molar-refractivity contribution in [2.75, 3.05) is 0 Å². The molecular weight excluding hydrogens is 186 g/mol. The van der Waals surface area contributed by atoms with Crippen LogP contribution in [0.25, 0.3) is 5.95 Å². The van der Waals surface area contributed by atoms with E-state index in [1.807, 2.05) is 12.4 Å². The third-order valence-electron chi connectivity index (χ3n) is 1.57. The third kappa shape index (κ3) is 1.81. The fourth-order valence-electron chi connectivity index (χ4n) is 0.966. The molecule has 64 valence electrons. The number of hydrogen-bond acceptors (Lipinski definition) is 2. The largest absolute Gasteiger partial charge is 0.437 e. The van der Waals surface area contributed by atoms with Crippen molar-refractivity contribution in [2.45, 2.75) is 0 Å². The van der Waals surface area contributed by atoms with Crippen LogP contribution < -0.4 is 4.57 Å². The Morgan fingerprint density at radius 2 is 1.69 bits per heavy atom. The molecule has 0 aromatic carbocycles. The van der Waals surface area contributed by atoms with Gasteiger partial charge in [0.25, 0.3) is 0 Å². The Labute approximate surface area is 80.7 Å². The molecule has 0 saturated heterocycles. The fourth-order valence-corrected chi connectivity index (χ4v) is 1.08. The van der Waals surface area contributed by atoms with Gasteiger partial charge >= 0.3 is 5.95 Å². The predicted octanol–water partition coefficient (Wildman–Crippen LogP) is 1.41. The van der Waals surface area contributed by atoms with Crippen molar-refractivity contribution < 1.29 is 4.57 Å². The molecule has 0 amide bonds. The Morgan fingerprint density at radius 3 is 2.31 bits per heavy atom. The second-order valence-corrected chi connectivity index (χ2v) is 2.91. The van der Waals surface area contributed by atoms with Gasteiger partial charge in [0.05, 0.1) is 12.4 Å². The normalized spacial score (nSPS) is 9.92. The number of nitrogens with zero attached hydrogens (tertiary/aromatic N) is 3. The monoisotopic (exact) mass is 192 g/mol. The first kappa shape index (κ1) is 8.13. The summed E-state index contributed by atoms with van der Waals surface area (Å²) in [7, 11) is 0. The van der Waals surface area contributed by atoms with Crippen molar-refractivity contribution in [1.82, 2.24) is 9.97 Å². The number of aromatic nitrogens is 3. The molecule has 0 N–H and O–H groups in total. The van der Waals surface area contributed by atoms with Crippen LogP contribution in [0, 0.1) is 0 Å². The van der Waals surface area contributed by atoms with E-state index >= 15 is 0 Å². The highest BCUT2D eigenvalue weighted by Gasteiger charge is 2.05. The highest BCUT2D eigenvalue weighted by Crippen LogP contribution is 2.02. The van der Waals surface area contributed by atoms with Crippen molar-refractivity contribution in [2.24, 2.45) is 0 Å². The first-order valence-corrected chi connectivity index (χ1v) is 4.18. The highest BCUT2D eigenvalue weighted by molar-refractivity contribution is 6.30. The van der Waals surface area contributed by atoms with Gasteiger partial charge in [0.1, 0.15) is 12.4 Å². The maximum Gasteiger partial charge on any atom is 0.437 e. The maximum absolute atomic E-state index is 5.74. The Morgan fingerprint density at radius 1 is 1.08 bits per heavy atom. The van der Waals surface area contributed by atoms with E-state index in [9.17, 15) is 0 Å². The number of pyridine rings is 1. The Balaban J connectivity index is 2.42. The molecule has 0 aliphatic rings. The minimum atomic E-state index is 0.638. The molecule has 2 aromatic heterocycles. The molecule has 3 nitrogen and oxygen atoms in total. The summed E-state index contributed by atoms with van der Waals surface area (Å²) in [6, 6.07) is 5.36. The Hall–Kier alpha value is -1.48. The van der Waals surface area contributed by atoms with Gasteiger partial charge in [-0.2, -0.15) is 0 Å². The lowest BCUT2D eigenvalue weighted by molar-refractivity contribution is -0.603. The molecule has 0 radical (unpaired) electrons. The minimum Gasteiger partial charge on any atom is -0.206 e. The van der Waals surface area contributed by atoms with Crippen molar-refractivity contribution in [3.63, 3.8) is 0 Å². The summed E-state index contributed by atoms with van der Waals surface area (Å²) in [6.45, 7) is 0. The zero-order chi connectivity index (χ0) is 9.10. The smallest absolute Gasteiger partial charge is 0.206 e. The lowest BCUT2D eigenvalue weighted by Crippen LogP contribution is -2.31. The summed E-state index contributed by atoms with van der Waals surface area (Å²) in [5, 5.41) is 0.701. The Kier molecular flexibility index (Phi) is 2.19. The van der Waals surface area contributed by atoms with Gasteiger partial charge in [-0.05, 0) is 12.1 Å². The molecule has 13 heavy (non-hydrogen) atoms. The average molecular weight is 193 g/mol. The summed E-state index contributed by atoms with van der Waals surface area (Å²) >= 11 is 5.74. The van der Waals surface area contributed by atoms with Crippen LogP contribution in [0.4, 0.5) is 0 Å². The molecular formula is C9H7ClN3+. The minimum absolute atomic E-state index is 0.638. The van der Waals surface area contributed by atoms with Crippen LogP contribution in [0.1, 0.15) is 0 Å². The zero-order valence-corrected chi connectivity index (χ0v) is 7.52. The Bertz CT molecular complexity index is 385. The summed E-state index contributed by atoms with van der Waals surface area (Å²) in [5.74, 6) is 0.638. The van der Waals surface area contributed by atoms with Crippen molar-refractivity contribution in [1.29, 1.82) is 0 Å². The summed E-state index contributed by atoms with van der Waals surface area (Å²) < 4.78 is 1.80. The van der Waals surface area contributed by atoms with E-state index in [2.05, 4.69) is 9.97 Å². The SMILES string of the molecule is Clc1cc[n+](-c2ncccn2)cc1. The molecule has 0 aliphatic heterocycles. The number of halogens is 1. The topological polar surface area (TPSA) is 29.7 Å². The average Bonchev–Trinajstić information content (AvgIpc) is 2.20. The zero-order valence-electron chi connectivity index (χ0n) is 6.76. The van der Waals surface area contributed by atoms with Crippen LogP contribution >= 0.6 is 11.6 Å². The van der Waals surface area contributed by atoms with Gasteiger partial charge in [-0.1, -0.05) is 21.6 Å². The van der Waals surface area contributed by atoms with E-state index in [4.69, 9.17) is 11.6 Å². The van der Waals surface area contributed by atoms with Gasteiger partial charge in [-0.3, -0.25) is 0 Å². The summed E-state index contributed by atoms with van der Waals surface area (Å²) in [6.07, 6.45) is 7.03. The third-order valence-corrected chi connectivity index (χ3v) is 1.82. The second kappa shape index (κ2) is 3.49. The molecule has 0 saturated carbocycles.